The summed E-state index contributed by atoms with van der Waals surface area (Å²) in [6, 6.07) is 6.33. The topological polar surface area (TPSA) is 42.0 Å². The lowest BCUT2D eigenvalue weighted by Gasteiger charge is -2.22. The molecule has 0 saturated carbocycles. The van der Waals surface area contributed by atoms with Crippen molar-refractivity contribution in [1.82, 2.24) is 9.80 Å². The van der Waals surface area contributed by atoms with Crippen molar-refractivity contribution >= 4 is 17.2 Å². The molecule has 0 saturated heterocycles. The van der Waals surface area contributed by atoms with E-state index in [1.165, 1.54) is 40.1 Å². The van der Waals surface area contributed by atoms with Gasteiger partial charge in [-0.25, -0.2) is 0 Å². The molecule has 1 aliphatic heterocycles. The van der Waals surface area contributed by atoms with Crippen molar-refractivity contribution in [2.75, 3.05) is 47.4 Å². The Hall–Kier alpha value is -2.05. The summed E-state index contributed by atoms with van der Waals surface area (Å²) in [5.41, 5.74) is 3.76. The zero-order valence-corrected chi connectivity index (χ0v) is 21.1. The van der Waals surface area contributed by atoms with Crippen LogP contribution in [-0.2, 0) is 24.1 Å². The van der Waals surface area contributed by atoms with E-state index in [2.05, 4.69) is 31.9 Å². The van der Waals surface area contributed by atoms with Gasteiger partial charge in [-0.1, -0.05) is 0 Å². The van der Waals surface area contributed by atoms with Crippen molar-refractivity contribution in [3.8, 4) is 11.5 Å². The van der Waals surface area contributed by atoms with Gasteiger partial charge in [0.05, 0.1) is 20.6 Å². The first-order chi connectivity index (χ1) is 15.4. The van der Waals surface area contributed by atoms with Gasteiger partial charge < -0.3 is 19.3 Å². The number of fused-ring (bicyclic) bond motifs is 1. The third kappa shape index (κ3) is 6.48. The predicted molar refractivity (Wildman–Crippen MR) is 132 cm³/mol. The molecule has 0 N–H and O–H groups in total. The van der Waals surface area contributed by atoms with E-state index in [0.717, 1.165) is 50.3 Å². The number of aryl methyl sites for hydroxylation is 3. The van der Waals surface area contributed by atoms with E-state index < -0.39 is 0 Å². The van der Waals surface area contributed by atoms with Gasteiger partial charge in [0.2, 0.25) is 5.91 Å². The van der Waals surface area contributed by atoms with Crippen LogP contribution in [-0.4, -0.2) is 63.2 Å². The maximum Gasteiger partial charge on any atom is 0.227 e. The Balaban J connectivity index is 1.40. The number of rotatable bonds is 11. The molecule has 0 aliphatic carbocycles. The van der Waals surface area contributed by atoms with E-state index in [0.29, 0.717) is 12.2 Å². The number of carbonyl (C=O) groups excluding carboxylic acids is 1. The van der Waals surface area contributed by atoms with E-state index in [4.69, 9.17) is 9.47 Å². The highest BCUT2D eigenvalue weighted by molar-refractivity contribution is 7.12. The minimum atomic E-state index is 0.208. The Kier molecular flexibility index (Phi) is 9.00. The Morgan fingerprint density at radius 3 is 2.34 bits per heavy atom. The van der Waals surface area contributed by atoms with Gasteiger partial charge in [0.25, 0.3) is 0 Å². The summed E-state index contributed by atoms with van der Waals surface area (Å²) in [6.45, 7) is 8.14. The molecule has 1 aliphatic rings. The van der Waals surface area contributed by atoms with E-state index in [9.17, 15) is 4.79 Å². The first kappa shape index (κ1) is 24.6. The van der Waals surface area contributed by atoms with Crippen LogP contribution < -0.4 is 9.47 Å². The van der Waals surface area contributed by atoms with Crippen molar-refractivity contribution in [3.05, 3.63) is 44.6 Å². The average Bonchev–Trinajstić information content (AvgIpc) is 3.01. The van der Waals surface area contributed by atoms with Gasteiger partial charge in [0.1, 0.15) is 0 Å². The van der Waals surface area contributed by atoms with E-state index in [1.54, 1.807) is 14.2 Å². The third-order valence-electron chi connectivity index (χ3n) is 6.40. The normalized spacial score (nSPS) is 13.9. The van der Waals surface area contributed by atoms with Gasteiger partial charge in [0.15, 0.2) is 11.5 Å². The van der Waals surface area contributed by atoms with Crippen molar-refractivity contribution < 1.29 is 14.3 Å². The Labute approximate surface area is 197 Å². The van der Waals surface area contributed by atoms with Crippen molar-refractivity contribution in [2.45, 2.75) is 52.4 Å². The van der Waals surface area contributed by atoms with E-state index in [1.807, 2.05) is 28.4 Å². The molecule has 0 bridgehead atoms. The van der Waals surface area contributed by atoms with E-state index in [-0.39, 0.29) is 5.91 Å². The van der Waals surface area contributed by atoms with Gasteiger partial charge in [-0.15, -0.1) is 11.3 Å². The Morgan fingerprint density at radius 2 is 1.69 bits per heavy atom. The average molecular weight is 459 g/mol. The highest BCUT2D eigenvalue weighted by atomic mass is 32.1. The zero-order chi connectivity index (χ0) is 23.1. The van der Waals surface area contributed by atoms with Crippen LogP contribution in [0.2, 0.25) is 0 Å². The van der Waals surface area contributed by atoms with Crippen LogP contribution >= 0.6 is 11.3 Å². The summed E-state index contributed by atoms with van der Waals surface area (Å²) in [6.07, 6.45) is 5.94. The molecule has 0 fully saturated rings. The second-order valence-corrected chi connectivity index (χ2v) is 10.3. The molecular weight excluding hydrogens is 420 g/mol. The lowest BCUT2D eigenvalue weighted by Crippen LogP contribution is -2.35. The molecular formula is C26H38N2O3S. The fraction of sp³-hybridized carbons (Fsp3) is 0.577. The third-order valence-corrected chi connectivity index (χ3v) is 7.41. The molecule has 0 radical (unpaired) electrons. The summed E-state index contributed by atoms with van der Waals surface area (Å²) in [5.74, 6) is 1.64. The molecule has 176 valence electrons. The van der Waals surface area contributed by atoms with E-state index >= 15 is 0 Å². The standard InChI is InChI=1S/C26H38N2O3S/c1-19-15-21(20(2)32-19)9-6-7-11-27(3)12-8-13-28-14-10-22-16-24(30-4)25(31-5)17-23(22)18-26(28)29/h15-17H,6-14,18H2,1-5H3. The monoisotopic (exact) mass is 458 g/mol. The quantitative estimate of drug-likeness (QED) is 0.460. The van der Waals surface area contributed by atoms with Crippen molar-refractivity contribution in [1.29, 1.82) is 0 Å². The molecule has 1 aromatic heterocycles. The second kappa shape index (κ2) is 11.7. The molecule has 0 spiro atoms. The smallest absolute Gasteiger partial charge is 0.227 e. The molecule has 2 aromatic rings. The molecule has 2 heterocycles. The first-order valence-electron chi connectivity index (χ1n) is 11.7. The van der Waals surface area contributed by atoms with Crippen LogP contribution in [0.3, 0.4) is 0 Å². The van der Waals surface area contributed by atoms with Crippen LogP contribution in [0.1, 0.15) is 45.7 Å². The molecule has 1 amide bonds. The first-order valence-corrected chi connectivity index (χ1v) is 12.5. The van der Waals surface area contributed by atoms with Gasteiger partial charge in [-0.2, -0.15) is 0 Å². The fourth-order valence-electron chi connectivity index (χ4n) is 4.52. The largest absolute Gasteiger partial charge is 0.493 e. The number of unbranched alkanes of at least 4 members (excludes halogenated alkanes) is 1. The number of amides is 1. The second-order valence-electron chi connectivity index (χ2n) is 8.84. The molecule has 0 atom stereocenters. The summed E-state index contributed by atoms with van der Waals surface area (Å²) >= 11 is 1.90. The number of nitrogens with zero attached hydrogens (tertiary/aromatic N) is 2. The van der Waals surface area contributed by atoms with Crippen LogP contribution in [0.4, 0.5) is 0 Å². The number of methoxy groups -OCH3 is 2. The summed E-state index contributed by atoms with van der Waals surface area (Å²) in [4.78, 5) is 20.1. The number of hydrogen-bond acceptors (Lipinski definition) is 5. The minimum Gasteiger partial charge on any atom is -0.493 e. The lowest BCUT2D eigenvalue weighted by molar-refractivity contribution is -0.130. The summed E-state index contributed by atoms with van der Waals surface area (Å²) in [5, 5.41) is 0. The number of carbonyl (C=O) groups is 1. The molecule has 32 heavy (non-hydrogen) atoms. The Bertz CT molecular complexity index is 909. The molecule has 5 nitrogen and oxygen atoms in total. The highest BCUT2D eigenvalue weighted by Gasteiger charge is 2.22. The number of hydrogen-bond donors (Lipinski definition) is 0. The molecule has 0 unspecified atom stereocenters. The van der Waals surface area contributed by atoms with Gasteiger partial charge in [-0.3, -0.25) is 4.79 Å². The van der Waals surface area contributed by atoms with Crippen molar-refractivity contribution in [3.63, 3.8) is 0 Å². The molecule has 1 aromatic carbocycles. The fourth-order valence-corrected chi connectivity index (χ4v) is 5.50. The maximum atomic E-state index is 12.8. The molecule has 3 rings (SSSR count). The SMILES string of the molecule is COc1cc2c(cc1OC)CC(=O)N(CCCN(C)CCCCc1cc(C)sc1C)CC2. The van der Waals surface area contributed by atoms with Crippen LogP contribution in [0.25, 0.3) is 0 Å². The van der Waals surface area contributed by atoms with Crippen molar-refractivity contribution in [2.24, 2.45) is 0 Å². The van der Waals surface area contributed by atoms with Crippen LogP contribution in [0.5, 0.6) is 11.5 Å². The summed E-state index contributed by atoms with van der Waals surface area (Å²) in [7, 11) is 5.48. The maximum absolute atomic E-state index is 12.8. The lowest BCUT2D eigenvalue weighted by atomic mass is 10.0. The number of thiophene rings is 1. The predicted octanol–water partition coefficient (Wildman–Crippen LogP) is 4.65. The van der Waals surface area contributed by atoms with Crippen LogP contribution in [0, 0.1) is 13.8 Å². The number of benzene rings is 1. The molecule has 6 heteroatoms. The van der Waals surface area contributed by atoms with Gasteiger partial charge in [0, 0.05) is 22.8 Å². The van der Waals surface area contributed by atoms with Crippen LogP contribution in [0.15, 0.2) is 18.2 Å². The number of ether oxygens (including phenoxy) is 2. The van der Waals surface area contributed by atoms with Gasteiger partial charge in [-0.05, 0) is 101 Å². The Morgan fingerprint density at radius 1 is 1.00 bits per heavy atom. The highest BCUT2D eigenvalue weighted by Crippen LogP contribution is 2.32. The summed E-state index contributed by atoms with van der Waals surface area (Å²) < 4.78 is 10.8. The zero-order valence-electron chi connectivity index (χ0n) is 20.3. The van der Waals surface area contributed by atoms with Gasteiger partial charge >= 0.3 is 0 Å². The minimum absolute atomic E-state index is 0.208.